The summed E-state index contributed by atoms with van der Waals surface area (Å²) in [6.07, 6.45) is 0.521. The molecule has 1 N–H and O–H groups in total. The summed E-state index contributed by atoms with van der Waals surface area (Å²) in [6, 6.07) is 0. The van der Waals surface area contributed by atoms with Gasteiger partial charge >= 0.3 is 0 Å². The second-order valence-corrected chi connectivity index (χ2v) is 4.87. The Balaban J connectivity index is 4.22. The summed E-state index contributed by atoms with van der Waals surface area (Å²) in [7, 11) is 0. The van der Waals surface area contributed by atoms with Crippen molar-refractivity contribution in [3.8, 4) is 0 Å². The highest BCUT2D eigenvalue weighted by Crippen LogP contribution is 2.24. The third-order valence-electron chi connectivity index (χ3n) is 3.14. The van der Waals surface area contributed by atoms with Gasteiger partial charge in [-0.1, -0.05) is 34.6 Å². The smallest absolute Gasteiger partial charge is 0.135 e. The Kier molecular flexibility index (Phi) is 6.01. The Bertz CT molecular complexity index is 173. The summed E-state index contributed by atoms with van der Waals surface area (Å²) >= 11 is 0. The molecule has 84 valence electrons. The molecular weight excluding hydrogens is 176 g/mol. The van der Waals surface area contributed by atoms with E-state index < -0.39 is 0 Å². The fourth-order valence-corrected chi connectivity index (χ4v) is 1.46. The molecule has 14 heavy (non-hydrogen) atoms. The lowest BCUT2D eigenvalue weighted by molar-refractivity contribution is -0.123. The van der Waals surface area contributed by atoms with Gasteiger partial charge in [-0.25, -0.2) is 0 Å². The fourth-order valence-electron chi connectivity index (χ4n) is 1.46. The molecule has 0 aliphatic carbocycles. The average molecular weight is 200 g/mol. The van der Waals surface area contributed by atoms with Gasteiger partial charge < -0.3 is 5.11 Å². The van der Waals surface area contributed by atoms with E-state index in [9.17, 15) is 9.90 Å². The summed E-state index contributed by atoms with van der Waals surface area (Å²) in [5, 5.41) is 9.22. The van der Waals surface area contributed by atoms with Crippen LogP contribution in [0.25, 0.3) is 0 Å². The summed E-state index contributed by atoms with van der Waals surface area (Å²) in [5.41, 5.74) is 0. The van der Waals surface area contributed by atoms with E-state index in [2.05, 4.69) is 20.8 Å². The van der Waals surface area contributed by atoms with Crippen LogP contribution in [0.3, 0.4) is 0 Å². The summed E-state index contributed by atoms with van der Waals surface area (Å²) in [5.74, 6) is 1.40. The number of hydrogen-bond donors (Lipinski definition) is 1. The van der Waals surface area contributed by atoms with Crippen molar-refractivity contribution in [2.45, 2.75) is 41.0 Å². The van der Waals surface area contributed by atoms with Crippen LogP contribution in [0.2, 0.25) is 0 Å². The predicted molar refractivity (Wildman–Crippen MR) is 59.0 cm³/mol. The van der Waals surface area contributed by atoms with Gasteiger partial charge in [0.25, 0.3) is 0 Å². The van der Waals surface area contributed by atoms with Gasteiger partial charge in [0, 0.05) is 18.9 Å². The maximum atomic E-state index is 11.5. The second-order valence-electron chi connectivity index (χ2n) is 4.87. The zero-order chi connectivity index (χ0) is 11.3. The van der Waals surface area contributed by atoms with E-state index in [0.717, 1.165) is 0 Å². The lowest BCUT2D eigenvalue weighted by Gasteiger charge is -2.25. The number of carbonyl (C=O) groups excluding carboxylic acids is 1. The normalized spacial score (nSPS) is 16.0. The third-order valence-corrected chi connectivity index (χ3v) is 3.14. The molecular formula is C12H24O2. The van der Waals surface area contributed by atoms with Gasteiger partial charge in [-0.3, -0.25) is 4.79 Å². The molecule has 0 spiro atoms. The first-order chi connectivity index (χ1) is 6.40. The van der Waals surface area contributed by atoms with E-state index in [1.165, 1.54) is 0 Å². The lowest BCUT2D eigenvalue weighted by atomic mass is 9.81. The minimum absolute atomic E-state index is 0.0865. The summed E-state index contributed by atoms with van der Waals surface area (Å²) in [6.45, 7) is 10.3. The molecule has 2 nitrogen and oxygen atoms in total. The van der Waals surface area contributed by atoms with Gasteiger partial charge in [0.05, 0.1) is 0 Å². The summed E-state index contributed by atoms with van der Waals surface area (Å²) in [4.78, 5) is 11.5. The average Bonchev–Trinajstić information content (AvgIpc) is 2.12. The van der Waals surface area contributed by atoms with Crippen molar-refractivity contribution in [3.63, 3.8) is 0 Å². The molecule has 0 saturated carbocycles. The highest BCUT2D eigenvalue weighted by atomic mass is 16.3. The maximum Gasteiger partial charge on any atom is 0.135 e. The lowest BCUT2D eigenvalue weighted by Crippen LogP contribution is -2.25. The molecule has 0 aromatic heterocycles. The largest absolute Gasteiger partial charge is 0.396 e. The topological polar surface area (TPSA) is 37.3 Å². The van der Waals surface area contributed by atoms with Crippen LogP contribution in [0.1, 0.15) is 41.0 Å². The van der Waals surface area contributed by atoms with Crippen molar-refractivity contribution < 1.29 is 9.90 Å². The van der Waals surface area contributed by atoms with E-state index in [4.69, 9.17) is 0 Å². The monoisotopic (exact) mass is 200 g/mol. The molecule has 0 rings (SSSR count). The standard InChI is InChI=1S/C12H24O2/c1-8(2)10(5)11(7-13)6-12(14)9(3)4/h8-11,13H,6-7H2,1-5H3. The number of aliphatic hydroxyl groups excluding tert-OH is 1. The first-order valence-electron chi connectivity index (χ1n) is 5.53. The highest BCUT2D eigenvalue weighted by molar-refractivity contribution is 5.80. The van der Waals surface area contributed by atoms with Gasteiger partial charge in [-0.15, -0.1) is 0 Å². The van der Waals surface area contributed by atoms with E-state index in [0.29, 0.717) is 18.3 Å². The van der Waals surface area contributed by atoms with E-state index >= 15 is 0 Å². The van der Waals surface area contributed by atoms with Crippen molar-refractivity contribution in [1.29, 1.82) is 0 Å². The van der Waals surface area contributed by atoms with Crippen molar-refractivity contribution in [2.75, 3.05) is 6.61 Å². The van der Waals surface area contributed by atoms with Crippen LogP contribution < -0.4 is 0 Å². The Morgan fingerprint density at radius 3 is 1.93 bits per heavy atom. The molecule has 0 radical (unpaired) electrons. The zero-order valence-corrected chi connectivity index (χ0v) is 10.1. The number of rotatable bonds is 6. The Morgan fingerprint density at radius 2 is 1.64 bits per heavy atom. The van der Waals surface area contributed by atoms with Crippen molar-refractivity contribution in [2.24, 2.45) is 23.7 Å². The molecule has 0 aliphatic rings. The van der Waals surface area contributed by atoms with Crippen LogP contribution in [0, 0.1) is 23.7 Å². The Hall–Kier alpha value is -0.370. The Labute approximate surface area is 87.7 Å². The number of carbonyl (C=O) groups is 1. The molecule has 2 unspecified atom stereocenters. The van der Waals surface area contributed by atoms with Crippen LogP contribution in [0.15, 0.2) is 0 Å². The molecule has 0 aromatic rings. The van der Waals surface area contributed by atoms with E-state index in [1.54, 1.807) is 0 Å². The molecule has 0 bridgehead atoms. The first kappa shape index (κ1) is 13.6. The first-order valence-corrected chi connectivity index (χ1v) is 5.53. The highest BCUT2D eigenvalue weighted by Gasteiger charge is 2.23. The van der Waals surface area contributed by atoms with Crippen molar-refractivity contribution >= 4 is 5.78 Å². The van der Waals surface area contributed by atoms with Gasteiger partial charge in [0.1, 0.15) is 5.78 Å². The molecule has 0 aromatic carbocycles. The minimum atomic E-state index is 0.0865. The maximum absolute atomic E-state index is 11.5. The van der Waals surface area contributed by atoms with Crippen LogP contribution in [0.5, 0.6) is 0 Å². The van der Waals surface area contributed by atoms with E-state index in [1.807, 2.05) is 13.8 Å². The molecule has 0 aliphatic heterocycles. The van der Waals surface area contributed by atoms with Gasteiger partial charge in [-0.2, -0.15) is 0 Å². The van der Waals surface area contributed by atoms with Gasteiger partial charge in [-0.05, 0) is 17.8 Å². The quantitative estimate of drug-likeness (QED) is 0.715. The molecule has 2 heteroatoms. The predicted octanol–water partition coefficient (Wildman–Crippen LogP) is 2.50. The van der Waals surface area contributed by atoms with Gasteiger partial charge in [0.15, 0.2) is 0 Å². The van der Waals surface area contributed by atoms with Crippen LogP contribution in [-0.2, 0) is 4.79 Å². The number of hydrogen-bond acceptors (Lipinski definition) is 2. The third kappa shape index (κ3) is 4.23. The molecule has 2 atom stereocenters. The molecule has 0 heterocycles. The molecule has 0 fully saturated rings. The number of aliphatic hydroxyl groups is 1. The molecule has 0 saturated heterocycles. The van der Waals surface area contributed by atoms with Crippen molar-refractivity contribution in [1.82, 2.24) is 0 Å². The SMILES string of the molecule is CC(C)C(=O)CC(CO)C(C)C(C)C. The molecule has 0 amide bonds. The number of ketones is 1. The van der Waals surface area contributed by atoms with Crippen LogP contribution in [-0.4, -0.2) is 17.5 Å². The van der Waals surface area contributed by atoms with E-state index in [-0.39, 0.29) is 24.2 Å². The Morgan fingerprint density at radius 1 is 1.14 bits per heavy atom. The second kappa shape index (κ2) is 6.18. The fraction of sp³-hybridized carbons (Fsp3) is 0.917. The van der Waals surface area contributed by atoms with Gasteiger partial charge in [0.2, 0.25) is 0 Å². The van der Waals surface area contributed by atoms with Crippen molar-refractivity contribution in [3.05, 3.63) is 0 Å². The zero-order valence-electron chi connectivity index (χ0n) is 10.1. The number of Topliss-reactive ketones (excluding diaryl/α,β-unsaturated/α-hetero) is 1. The minimum Gasteiger partial charge on any atom is -0.396 e. The van der Waals surface area contributed by atoms with Crippen LogP contribution >= 0.6 is 0 Å². The summed E-state index contributed by atoms with van der Waals surface area (Å²) < 4.78 is 0. The van der Waals surface area contributed by atoms with Crippen LogP contribution in [0.4, 0.5) is 0 Å².